The number of nitrogens with zero attached hydrogens (tertiary/aromatic N) is 4. The fourth-order valence-corrected chi connectivity index (χ4v) is 3.02. The Morgan fingerprint density at radius 1 is 0.963 bits per heavy atom. The average molecular weight is 379 g/mol. The lowest BCUT2D eigenvalue weighted by molar-refractivity contribution is 0.460. The molecule has 6 nitrogen and oxygen atoms in total. The third kappa shape index (κ3) is 4.42. The van der Waals surface area contributed by atoms with Crippen LogP contribution in [-0.2, 0) is 6.54 Å². The Morgan fingerprint density at radius 3 is 2.67 bits per heavy atom. The highest BCUT2D eigenvalue weighted by atomic mass is 32.1. The van der Waals surface area contributed by atoms with E-state index in [2.05, 4.69) is 25.5 Å². The number of hydrogen-bond donors (Lipinski definition) is 1. The third-order valence-corrected chi connectivity index (χ3v) is 4.49. The number of aromatic nitrogens is 4. The molecule has 0 aliphatic heterocycles. The van der Waals surface area contributed by atoms with Crippen LogP contribution >= 0.6 is 11.3 Å². The van der Waals surface area contributed by atoms with Crippen LogP contribution in [0.5, 0.6) is 11.6 Å². The number of nitrogens with one attached hydrogen (secondary N) is 1. The van der Waals surface area contributed by atoms with E-state index in [1.54, 1.807) is 24.5 Å². The second-order valence-electron chi connectivity index (χ2n) is 5.54. The summed E-state index contributed by atoms with van der Waals surface area (Å²) in [6.07, 6.45) is 3.39. The number of hydrogen-bond acceptors (Lipinski definition) is 7. The van der Waals surface area contributed by atoms with Gasteiger partial charge in [0.1, 0.15) is 17.3 Å². The van der Waals surface area contributed by atoms with Gasteiger partial charge in [0.25, 0.3) is 0 Å². The van der Waals surface area contributed by atoms with E-state index in [0.717, 1.165) is 16.3 Å². The van der Waals surface area contributed by atoms with Gasteiger partial charge in [-0.25, -0.2) is 9.37 Å². The van der Waals surface area contributed by atoms with Crippen molar-refractivity contribution in [2.24, 2.45) is 0 Å². The van der Waals surface area contributed by atoms with Crippen LogP contribution in [0.3, 0.4) is 0 Å². The molecule has 0 aliphatic rings. The normalized spacial score (nSPS) is 10.6. The molecule has 0 saturated carbocycles. The van der Waals surface area contributed by atoms with Gasteiger partial charge in [0.2, 0.25) is 11.0 Å². The molecule has 0 unspecified atom stereocenters. The quantitative estimate of drug-likeness (QED) is 0.530. The van der Waals surface area contributed by atoms with Gasteiger partial charge in [-0.05, 0) is 48.0 Å². The molecular weight excluding hydrogens is 365 g/mol. The number of anilines is 1. The lowest BCUT2D eigenvalue weighted by atomic mass is 10.2. The van der Waals surface area contributed by atoms with E-state index < -0.39 is 0 Å². The molecule has 8 heteroatoms. The van der Waals surface area contributed by atoms with Crippen LogP contribution in [-0.4, -0.2) is 20.2 Å². The number of pyridine rings is 2. The number of rotatable bonds is 6. The Hall–Kier alpha value is -3.39. The van der Waals surface area contributed by atoms with Crippen molar-refractivity contribution in [3.05, 3.63) is 78.4 Å². The molecule has 0 amide bonds. The van der Waals surface area contributed by atoms with Crippen LogP contribution in [0.15, 0.2) is 67.0 Å². The van der Waals surface area contributed by atoms with Crippen molar-refractivity contribution in [1.82, 2.24) is 20.2 Å². The molecule has 134 valence electrons. The molecule has 0 spiro atoms. The molecule has 0 radical (unpaired) electrons. The first kappa shape index (κ1) is 17.0. The van der Waals surface area contributed by atoms with Gasteiger partial charge in [-0.1, -0.05) is 17.4 Å². The maximum absolute atomic E-state index is 13.0. The maximum Gasteiger partial charge on any atom is 0.219 e. The zero-order valence-electron chi connectivity index (χ0n) is 14.0. The van der Waals surface area contributed by atoms with Crippen LogP contribution in [0, 0.1) is 5.82 Å². The van der Waals surface area contributed by atoms with Gasteiger partial charge in [0.15, 0.2) is 5.01 Å². The van der Waals surface area contributed by atoms with E-state index in [-0.39, 0.29) is 5.82 Å². The van der Waals surface area contributed by atoms with Crippen molar-refractivity contribution in [3.8, 4) is 22.3 Å². The van der Waals surface area contributed by atoms with E-state index in [0.29, 0.717) is 23.3 Å². The predicted octanol–water partition coefficient (Wildman–Crippen LogP) is 4.54. The van der Waals surface area contributed by atoms with Crippen LogP contribution < -0.4 is 10.1 Å². The minimum Gasteiger partial charge on any atom is -0.439 e. The highest BCUT2D eigenvalue weighted by Crippen LogP contribution is 2.25. The molecule has 1 N–H and O–H groups in total. The van der Waals surface area contributed by atoms with E-state index >= 15 is 0 Å². The molecule has 0 aliphatic carbocycles. The van der Waals surface area contributed by atoms with Crippen molar-refractivity contribution >= 4 is 16.5 Å². The SMILES string of the molecule is Fc1ccc(Oc2cc(CNc3nnc(-c4ccccn4)s3)ccn2)cc1. The Bertz CT molecular complexity index is 1020. The average Bonchev–Trinajstić information content (AvgIpc) is 3.18. The van der Waals surface area contributed by atoms with Crippen LogP contribution in [0.1, 0.15) is 5.56 Å². The molecule has 3 aromatic heterocycles. The van der Waals surface area contributed by atoms with E-state index in [4.69, 9.17) is 4.74 Å². The van der Waals surface area contributed by atoms with E-state index in [9.17, 15) is 4.39 Å². The lowest BCUT2D eigenvalue weighted by Crippen LogP contribution is -2.00. The fraction of sp³-hybridized carbons (Fsp3) is 0.0526. The van der Waals surface area contributed by atoms with E-state index in [1.165, 1.54) is 23.5 Å². The first-order valence-electron chi connectivity index (χ1n) is 8.13. The summed E-state index contributed by atoms with van der Waals surface area (Å²) in [4.78, 5) is 8.45. The largest absolute Gasteiger partial charge is 0.439 e. The van der Waals surface area contributed by atoms with Gasteiger partial charge in [-0.3, -0.25) is 4.98 Å². The second kappa shape index (κ2) is 7.88. The van der Waals surface area contributed by atoms with Crippen LogP contribution in [0.25, 0.3) is 10.7 Å². The minimum absolute atomic E-state index is 0.310. The molecule has 0 fully saturated rings. The zero-order chi connectivity index (χ0) is 18.5. The predicted molar refractivity (Wildman–Crippen MR) is 101 cm³/mol. The van der Waals surface area contributed by atoms with Gasteiger partial charge in [-0.15, -0.1) is 10.2 Å². The smallest absolute Gasteiger partial charge is 0.219 e. The molecule has 27 heavy (non-hydrogen) atoms. The highest BCUT2D eigenvalue weighted by Gasteiger charge is 2.07. The molecular formula is C19H14FN5OS. The summed E-state index contributed by atoms with van der Waals surface area (Å²) in [7, 11) is 0. The molecule has 3 heterocycles. The van der Waals surface area contributed by atoms with Crippen LogP contribution in [0.2, 0.25) is 0 Å². The summed E-state index contributed by atoms with van der Waals surface area (Å²) in [5.41, 5.74) is 1.76. The molecule has 4 rings (SSSR count). The highest BCUT2D eigenvalue weighted by molar-refractivity contribution is 7.18. The standard InChI is InChI=1S/C19H14FN5OS/c20-14-4-6-15(7-5-14)26-17-11-13(8-10-22-17)12-23-19-25-24-18(27-19)16-3-1-2-9-21-16/h1-11H,12H2,(H,23,25). The van der Waals surface area contributed by atoms with Crippen molar-refractivity contribution in [2.45, 2.75) is 6.54 Å². The number of ether oxygens (including phenoxy) is 1. The molecule has 4 aromatic rings. The monoisotopic (exact) mass is 379 g/mol. The van der Waals surface area contributed by atoms with Crippen molar-refractivity contribution < 1.29 is 9.13 Å². The Morgan fingerprint density at radius 2 is 1.85 bits per heavy atom. The summed E-state index contributed by atoms with van der Waals surface area (Å²) in [5, 5.41) is 13.0. The molecule has 0 saturated heterocycles. The van der Waals surface area contributed by atoms with Gasteiger partial charge < -0.3 is 10.1 Å². The Balaban J connectivity index is 1.40. The summed E-state index contributed by atoms with van der Waals surface area (Å²) < 4.78 is 18.6. The zero-order valence-corrected chi connectivity index (χ0v) is 14.9. The van der Waals surface area contributed by atoms with Crippen LogP contribution in [0.4, 0.5) is 9.52 Å². The summed E-state index contributed by atoms with van der Waals surface area (Å²) in [6, 6.07) is 15.2. The Kier molecular flexibility index (Phi) is 4.97. The maximum atomic E-state index is 13.0. The molecule has 1 aromatic carbocycles. The first-order valence-corrected chi connectivity index (χ1v) is 8.95. The summed E-state index contributed by atoms with van der Waals surface area (Å²) in [6.45, 7) is 0.541. The molecule has 0 bridgehead atoms. The van der Waals surface area contributed by atoms with Crippen molar-refractivity contribution in [3.63, 3.8) is 0 Å². The van der Waals surface area contributed by atoms with Gasteiger partial charge in [0, 0.05) is 25.0 Å². The fourth-order valence-electron chi connectivity index (χ4n) is 2.30. The third-order valence-electron chi connectivity index (χ3n) is 3.59. The van der Waals surface area contributed by atoms with Crippen molar-refractivity contribution in [2.75, 3.05) is 5.32 Å². The van der Waals surface area contributed by atoms with Gasteiger partial charge in [0.05, 0.1) is 0 Å². The van der Waals surface area contributed by atoms with Gasteiger partial charge >= 0.3 is 0 Å². The van der Waals surface area contributed by atoms with Gasteiger partial charge in [-0.2, -0.15) is 0 Å². The number of halogens is 1. The van der Waals surface area contributed by atoms with E-state index in [1.807, 2.05) is 30.3 Å². The van der Waals surface area contributed by atoms with Crippen molar-refractivity contribution in [1.29, 1.82) is 0 Å². The minimum atomic E-state index is -0.310. The Labute approximate surface area is 158 Å². The summed E-state index contributed by atoms with van der Waals surface area (Å²) in [5.74, 6) is 0.654. The number of benzene rings is 1. The lowest BCUT2D eigenvalue weighted by Gasteiger charge is -2.07. The molecule has 0 atom stereocenters. The topological polar surface area (TPSA) is 72.8 Å². The first-order chi connectivity index (χ1) is 13.3. The summed E-state index contributed by atoms with van der Waals surface area (Å²) >= 11 is 1.44. The second-order valence-corrected chi connectivity index (χ2v) is 6.52.